The molecule has 2 unspecified atom stereocenters. The van der Waals surface area contributed by atoms with Crippen molar-refractivity contribution in [2.24, 2.45) is 5.92 Å². The molecular formula is C10H19N3O. The number of nitrogens with zero attached hydrogens (tertiary/aromatic N) is 2. The molecule has 1 aromatic rings. The fraction of sp³-hybridized carbons (Fsp3) is 0.800. The largest absolute Gasteiger partial charge is 0.340 e. The first kappa shape index (κ1) is 11.2. The fourth-order valence-corrected chi connectivity index (χ4v) is 1.27. The van der Waals surface area contributed by atoms with E-state index in [1.165, 1.54) is 12.7 Å². The van der Waals surface area contributed by atoms with Crippen LogP contribution >= 0.6 is 0 Å². The molecule has 0 aliphatic carbocycles. The predicted molar refractivity (Wildman–Crippen MR) is 54.9 cm³/mol. The van der Waals surface area contributed by atoms with E-state index in [1.54, 1.807) is 0 Å². The molecule has 1 rings (SSSR count). The summed E-state index contributed by atoms with van der Waals surface area (Å²) in [5.41, 5.74) is 0. The van der Waals surface area contributed by atoms with Crippen LogP contribution in [0.3, 0.4) is 0 Å². The van der Waals surface area contributed by atoms with Gasteiger partial charge in [-0.1, -0.05) is 25.4 Å². The number of nitrogens with one attached hydrogen (secondary N) is 1. The lowest BCUT2D eigenvalue weighted by molar-refractivity contribution is 0.356. The smallest absolute Gasteiger partial charge is 0.227 e. The highest BCUT2D eigenvalue weighted by Gasteiger charge is 2.09. The van der Waals surface area contributed by atoms with E-state index in [1.807, 2.05) is 0 Å². The summed E-state index contributed by atoms with van der Waals surface area (Å²) in [6, 6.07) is 0.544. The van der Waals surface area contributed by atoms with E-state index in [9.17, 15) is 0 Å². The Balaban J connectivity index is 2.15. The van der Waals surface area contributed by atoms with Crippen LogP contribution in [-0.4, -0.2) is 22.7 Å². The Labute approximate surface area is 85.1 Å². The van der Waals surface area contributed by atoms with E-state index in [0.717, 1.165) is 13.0 Å². The maximum Gasteiger partial charge on any atom is 0.227 e. The van der Waals surface area contributed by atoms with Crippen molar-refractivity contribution in [3.8, 4) is 0 Å². The molecule has 0 saturated carbocycles. The summed E-state index contributed by atoms with van der Waals surface area (Å²) in [6.45, 7) is 7.57. The number of hydrogen-bond acceptors (Lipinski definition) is 4. The molecule has 4 heteroatoms. The van der Waals surface area contributed by atoms with Gasteiger partial charge in [0.05, 0.1) is 0 Å². The highest BCUT2D eigenvalue weighted by atomic mass is 16.5. The zero-order valence-electron chi connectivity index (χ0n) is 9.16. The highest BCUT2D eigenvalue weighted by molar-refractivity contribution is 4.76. The summed E-state index contributed by atoms with van der Waals surface area (Å²) >= 11 is 0. The molecule has 1 N–H and O–H groups in total. The molecule has 0 spiro atoms. The van der Waals surface area contributed by atoms with Crippen LogP contribution in [0, 0.1) is 5.92 Å². The molecule has 0 fully saturated rings. The zero-order valence-corrected chi connectivity index (χ0v) is 9.16. The second kappa shape index (κ2) is 5.75. The Morgan fingerprint density at radius 3 is 2.86 bits per heavy atom. The van der Waals surface area contributed by atoms with Gasteiger partial charge >= 0.3 is 0 Å². The van der Waals surface area contributed by atoms with Crippen LogP contribution in [0.2, 0.25) is 0 Å². The van der Waals surface area contributed by atoms with Crippen molar-refractivity contribution in [3.63, 3.8) is 0 Å². The van der Waals surface area contributed by atoms with Gasteiger partial charge in [-0.25, -0.2) is 0 Å². The molecule has 0 bridgehead atoms. The van der Waals surface area contributed by atoms with Gasteiger partial charge in [0.1, 0.15) is 0 Å². The van der Waals surface area contributed by atoms with Gasteiger partial charge in [-0.15, -0.1) is 0 Å². The van der Waals surface area contributed by atoms with Crippen molar-refractivity contribution < 1.29 is 4.52 Å². The SMILES string of the molecule is CCC(C)C(C)NCCc1ncno1. The quantitative estimate of drug-likeness (QED) is 0.753. The lowest BCUT2D eigenvalue weighted by atomic mass is 10.0. The normalized spacial score (nSPS) is 15.4. The van der Waals surface area contributed by atoms with Gasteiger partial charge in [-0.3, -0.25) is 0 Å². The standard InChI is InChI=1S/C10H19N3O/c1-4-8(2)9(3)11-6-5-10-12-7-13-14-10/h7-9,11H,4-6H2,1-3H3. The first-order chi connectivity index (χ1) is 6.74. The summed E-state index contributed by atoms with van der Waals surface area (Å²) in [4.78, 5) is 3.96. The Morgan fingerprint density at radius 2 is 2.29 bits per heavy atom. The topological polar surface area (TPSA) is 51.0 Å². The predicted octanol–water partition coefficient (Wildman–Crippen LogP) is 1.64. The van der Waals surface area contributed by atoms with Crippen LogP contribution in [0.15, 0.2) is 10.9 Å². The van der Waals surface area contributed by atoms with Crippen molar-refractivity contribution in [1.29, 1.82) is 0 Å². The van der Waals surface area contributed by atoms with Gasteiger partial charge in [-0.05, 0) is 12.8 Å². The van der Waals surface area contributed by atoms with Gasteiger partial charge in [0.15, 0.2) is 6.33 Å². The highest BCUT2D eigenvalue weighted by Crippen LogP contribution is 2.06. The van der Waals surface area contributed by atoms with Crippen LogP contribution < -0.4 is 5.32 Å². The second-order valence-electron chi connectivity index (χ2n) is 3.71. The molecule has 1 aromatic heterocycles. The van der Waals surface area contributed by atoms with Crippen LogP contribution in [0.25, 0.3) is 0 Å². The van der Waals surface area contributed by atoms with Crippen molar-refractivity contribution in [3.05, 3.63) is 12.2 Å². The third-order valence-corrected chi connectivity index (χ3v) is 2.71. The summed E-state index contributed by atoms with van der Waals surface area (Å²) in [5.74, 6) is 1.41. The number of rotatable bonds is 6. The Hall–Kier alpha value is -0.900. The molecule has 14 heavy (non-hydrogen) atoms. The Morgan fingerprint density at radius 1 is 1.50 bits per heavy atom. The van der Waals surface area contributed by atoms with Crippen molar-refractivity contribution in [2.45, 2.75) is 39.7 Å². The third-order valence-electron chi connectivity index (χ3n) is 2.71. The molecule has 0 radical (unpaired) electrons. The lowest BCUT2D eigenvalue weighted by Gasteiger charge is -2.19. The first-order valence-corrected chi connectivity index (χ1v) is 5.23. The minimum Gasteiger partial charge on any atom is -0.340 e. The van der Waals surface area contributed by atoms with Gasteiger partial charge in [0, 0.05) is 19.0 Å². The van der Waals surface area contributed by atoms with E-state index in [-0.39, 0.29) is 0 Å². The summed E-state index contributed by atoms with van der Waals surface area (Å²) in [5, 5.41) is 7.00. The molecular weight excluding hydrogens is 178 g/mol. The molecule has 0 saturated heterocycles. The van der Waals surface area contributed by atoms with Gasteiger partial charge in [-0.2, -0.15) is 4.98 Å². The first-order valence-electron chi connectivity index (χ1n) is 5.23. The zero-order chi connectivity index (χ0) is 10.4. The van der Waals surface area contributed by atoms with Crippen LogP contribution in [0.1, 0.15) is 33.1 Å². The molecule has 4 nitrogen and oxygen atoms in total. The van der Waals surface area contributed by atoms with E-state index < -0.39 is 0 Å². The molecule has 0 aliphatic rings. The van der Waals surface area contributed by atoms with E-state index in [4.69, 9.17) is 4.52 Å². The Bertz CT molecular complexity index is 236. The maximum absolute atomic E-state index is 4.90. The lowest BCUT2D eigenvalue weighted by Crippen LogP contribution is -2.33. The van der Waals surface area contributed by atoms with E-state index in [0.29, 0.717) is 17.9 Å². The fourth-order valence-electron chi connectivity index (χ4n) is 1.27. The molecule has 80 valence electrons. The summed E-state index contributed by atoms with van der Waals surface area (Å²) < 4.78 is 4.90. The molecule has 0 aromatic carbocycles. The van der Waals surface area contributed by atoms with Crippen molar-refractivity contribution in [2.75, 3.05) is 6.54 Å². The Kier molecular flexibility index (Phi) is 4.59. The minimum atomic E-state index is 0.544. The van der Waals surface area contributed by atoms with Crippen LogP contribution in [-0.2, 0) is 6.42 Å². The van der Waals surface area contributed by atoms with E-state index >= 15 is 0 Å². The van der Waals surface area contributed by atoms with Crippen molar-refractivity contribution in [1.82, 2.24) is 15.5 Å². The summed E-state index contributed by atoms with van der Waals surface area (Å²) in [7, 11) is 0. The monoisotopic (exact) mass is 197 g/mol. The average molecular weight is 197 g/mol. The molecule has 0 aliphatic heterocycles. The van der Waals surface area contributed by atoms with Crippen molar-refractivity contribution >= 4 is 0 Å². The maximum atomic E-state index is 4.90. The molecule has 0 amide bonds. The second-order valence-corrected chi connectivity index (χ2v) is 3.71. The van der Waals surface area contributed by atoms with Gasteiger partial charge in [0.2, 0.25) is 5.89 Å². The number of aromatic nitrogens is 2. The van der Waals surface area contributed by atoms with Gasteiger partial charge < -0.3 is 9.84 Å². The number of hydrogen-bond donors (Lipinski definition) is 1. The van der Waals surface area contributed by atoms with Crippen LogP contribution in [0.4, 0.5) is 0 Å². The minimum absolute atomic E-state index is 0.544. The third kappa shape index (κ3) is 3.46. The van der Waals surface area contributed by atoms with Crippen LogP contribution in [0.5, 0.6) is 0 Å². The van der Waals surface area contributed by atoms with E-state index in [2.05, 4.69) is 36.2 Å². The molecule has 1 heterocycles. The summed E-state index contributed by atoms with van der Waals surface area (Å²) in [6.07, 6.45) is 3.45. The molecule has 2 atom stereocenters. The van der Waals surface area contributed by atoms with Gasteiger partial charge in [0.25, 0.3) is 0 Å². The average Bonchev–Trinajstić information content (AvgIpc) is 2.69.